The van der Waals surface area contributed by atoms with Crippen LogP contribution in [0.15, 0.2) is 4.99 Å². The van der Waals surface area contributed by atoms with Crippen LogP contribution in [0.1, 0.15) is 25.7 Å². The number of nitrogens with one attached hydrogen (secondary N) is 1. The SMILES string of the molecule is CSC1(CN=C(N)NC2CC2)CCOCC1. The van der Waals surface area contributed by atoms with Gasteiger partial charge in [-0.15, -0.1) is 0 Å². The molecule has 0 radical (unpaired) electrons. The Labute approximate surface area is 101 Å². The molecule has 1 heterocycles. The standard InChI is InChI=1S/C11H21N3OS/c1-16-11(4-6-15-7-5-11)8-13-10(12)14-9-2-3-9/h9H,2-8H2,1H3,(H3,12,13,14). The molecule has 92 valence electrons. The van der Waals surface area contributed by atoms with Gasteiger partial charge in [-0.2, -0.15) is 11.8 Å². The number of ether oxygens (including phenoxy) is 1. The van der Waals surface area contributed by atoms with E-state index in [1.807, 2.05) is 11.8 Å². The smallest absolute Gasteiger partial charge is 0.188 e. The van der Waals surface area contributed by atoms with E-state index in [0.29, 0.717) is 12.0 Å². The predicted molar refractivity (Wildman–Crippen MR) is 68.9 cm³/mol. The van der Waals surface area contributed by atoms with Crippen molar-refractivity contribution in [3.8, 4) is 0 Å². The lowest BCUT2D eigenvalue weighted by Crippen LogP contribution is -2.39. The Kier molecular flexibility index (Phi) is 3.97. The van der Waals surface area contributed by atoms with Crippen molar-refractivity contribution < 1.29 is 4.74 Å². The zero-order valence-electron chi connectivity index (χ0n) is 9.87. The van der Waals surface area contributed by atoms with E-state index in [1.165, 1.54) is 12.8 Å². The third kappa shape index (κ3) is 3.28. The van der Waals surface area contributed by atoms with Crippen LogP contribution in [0, 0.1) is 0 Å². The van der Waals surface area contributed by atoms with Crippen LogP contribution in [0.3, 0.4) is 0 Å². The lowest BCUT2D eigenvalue weighted by molar-refractivity contribution is 0.0794. The van der Waals surface area contributed by atoms with E-state index in [0.717, 1.165) is 32.6 Å². The second-order valence-corrected chi connectivity index (χ2v) is 5.89. The first kappa shape index (κ1) is 12.0. The van der Waals surface area contributed by atoms with Gasteiger partial charge in [0.2, 0.25) is 0 Å². The van der Waals surface area contributed by atoms with E-state index < -0.39 is 0 Å². The quantitative estimate of drug-likeness (QED) is 0.570. The number of hydrogen-bond acceptors (Lipinski definition) is 3. The van der Waals surface area contributed by atoms with E-state index in [2.05, 4.69) is 16.6 Å². The molecule has 0 aromatic heterocycles. The van der Waals surface area contributed by atoms with Crippen molar-refractivity contribution in [3.63, 3.8) is 0 Å². The molecule has 0 bridgehead atoms. The van der Waals surface area contributed by atoms with Gasteiger partial charge in [0, 0.05) is 24.0 Å². The highest BCUT2D eigenvalue weighted by molar-refractivity contribution is 8.00. The summed E-state index contributed by atoms with van der Waals surface area (Å²) in [4.78, 5) is 4.48. The number of guanidine groups is 1. The second kappa shape index (κ2) is 5.27. The van der Waals surface area contributed by atoms with Crippen molar-refractivity contribution in [2.24, 2.45) is 10.7 Å². The predicted octanol–water partition coefficient (Wildman–Crippen LogP) is 0.965. The maximum atomic E-state index is 5.84. The summed E-state index contributed by atoms with van der Waals surface area (Å²) < 4.78 is 5.64. The molecular weight excluding hydrogens is 222 g/mol. The van der Waals surface area contributed by atoms with Gasteiger partial charge in [-0.3, -0.25) is 4.99 Å². The molecule has 0 aromatic carbocycles. The van der Waals surface area contributed by atoms with Crippen LogP contribution in [0.2, 0.25) is 0 Å². The Morgan fingerprint density at radius 3 is 2.75 bits per heavy atom. The number of thioether (sulfide) groups is 1. The Balaban J connectivity index is 1.84. The van der Waals surface area contributed by atoms with Gasteiger partial charge in [-0.25, -0.2) is 0 Å². The van der Waals surface area contributed by atoms with Crippen LogP contribution in [0.4, 0.5) is 0 Å². The van der Waals surface area contributed by atoms with Crippen LogP contribution < -0.4 is 11.1 Å². The van der Waals surface area contributed by atoms with Crippen molar-refractivity contribution in [1.29, 1.82) is 0 Å². The summed E-state index contributed by atoms with van der Waals surface area (Å²) in [5.41, 5.74) is 5.84. The molecule has 2 fully saturated rings. The van der Waals surface area contributed by atoms with Gasteiger partial charge < -0.3 is 15.8 Å². The highest BCUT2D eigenvalue weighted by Crippen LogP contribution is 2.33. The lowest BCUT2D eigenvalue weighted by Gasteiger charge is -2.34. The molecule has 0 aromatic rings. The minimum Gasteiger partial charge on any atom is -0.381 e. The zero-order valence-corrected chi connectivity index (χ0v) is 10.7. The van der Waals surface area contributed by atoms with Crippen LogP contribution in [-0.4, -0.2) is 42.8 Å². The molecule has 3 N–H and O–H groups in total. The highest BCUT2D eigenvalue weighted by Gasteiger charge is 2.31. The number of rotatable bonds is 4. The van der Waals surface area contributed by atoms with Crippen molar-refractivity contribution in [3.05, 3.63) is 0 Å². The highest BCUT2D eigenvalue weighted by atomic mass is 32.2. The Morgan fingerprint density at radius 2 is 2.19 bits per heavy atom. The first-order chi connectivity index (χ1) is 7.74. The number of nitrogens with zero attached hydrogens (tertiary/aromatic N) is 1. The molecule has 4 nitrogen and oxygen atoms in total. The first-order valence-electron chi connectivity index (χ1n) is 5.93. The molecule has 0 amide bonds. The average Bonchev–Trinajstić information content (AvgIpc) is 3.12. The Morgan fingerprint density at radius 1 is 1.50 bits per heavy atom. The van der Waals surface area contributed by atoms with Gasteiger partial charge >= 0.3 is 0 Å². The number of aliphatic imine (C=N–C) groups is 1. The third-order valence-electron chi connectivity index (χ3n) is 3.30. The normalized spacial score (nSPS) is 25.4. The van der Waals surface area contributed by atoms with Crippen molar-refractivity contribution in [2.45, 2.75) is 36.5 Å². The molecule has 1 aliphatic heterocycles. The van der Waals surface area contributed by atoms with Crippen molar-refractivity contribution in [2.75, 3.05) is 26.0 Å². The minimum absolute atomic E-state index is 0.244. The lowest BCUT2D eigenvalue weighted by atomic mass is 9.99. The van der Waals surface area contributed by atoms with Crippen molar-refractivity contribution >= 4 is 17.7 Å². The molecule has 16 heavy (non-hydrogen) atoms. The fraction of sp³-hybridized carbons (Fsp3) is 0.909. The molecule has 1 saturated heterocycles. The first-order valence-corrected chi connectivity index (χ1v) is 7.16. The molecule has 2 rings (SSSR count). The maximum Gasteiger partial charge on any atom is 0.188 e. The van der Waals surface area contributed by atoms with E-state index >= 15 is 0 Å². The summed E-state index contributed by atoms with van der Waals surface area (Å²) in [5.74, 6) is 0.613. The number of nitrogens with two attached hydrogens (primary N) is 1. The van der Waals surface area contributed by atoms with E-state index in [1.54, 1.807) is 0 Å². The molecule has 0 spiro atoms. The monoisotopic (exact) mass is 243 g/mol. The van der Waals surface area contributed by atoms with Gasteiger partial charge in [0.15, 0.2) is 5.96 Å². The summed E-state index contributed by atoms with van der Waals surface area (Å²) in [7, 11) is 0. The molecule has 0 unspecified atom stereocenters. The maximum absolute atomic E-state index is 5.84. The molecule has 1 aliphatic carbocycles. The third-order valence-corrected chi connectivity index (χ3v) is 4.71. The van der Waals surface area contributed by atoms with Gasteiger partial charge in [0.25, 0.3) is 0 Å². The second-order valence-electron chi connectivity index (χ2n) is 4.62. The summed E-state index contributed by atoms with van der Waals surface area (Å²) >= 11 is 1.90. The van der Waals surface area contributed by atoms with Crippen LogP contribution in [0.25, 0.3) is 0 Å². The summed E-state index contributed by atoms with van der Waals surface area (Å²) in [6.07, 6.45) is 6.78. The minimum atomic E-state index is 0.244. The Bertz CT molecular complexity index is 260. The Hall–Kier alpha value is -0.420. The largest absolute Gasteiger partial charge is 0.381 e. The molecule has 2 aliphatic rings. The molecule has 5 heteroatoms. The van der Waals surface area contributed by atoms with Gasteiger partial charge in [0.1, 0.15) is 0 Å². The molecule has 1 saturated carbocycles. The summed E-state index contributed by atoms with van der Waals surface area (Å²) in [5, 5.41) is 3.22. The zero-order chi connectivity index (χ0) is 11.4. The van der Waals surface area contributed by atoms with Crippen LogP contribution >= 0.6 is 11.8 Å². The summed E-state index contributed by atoms with van der Waals surface area (Å²) in [6.45, 7) is 2.52. The van der Waals surface area contributed by atoms with Gasteiger partial charge in [-0.1, -0.05) is 0 Å². The van der Waals surface area contributed by atoms with E-state index in [-0.39, 0.29) is 4.75 Å². The number of hydrogen-bond donors (Lipinski definition) is 2. The fourth-order valence-corrected chi connectivity index (χ4v) is 2.65. The summed E-state index contributed by atoms with van der Waals surface area (Å²) in [6, 6.07) is 0.587. The van der Waals surface area contributed by atoms with Crippen molar-refractivity contribution in [1.82, 2.24) is 5.32 Å². The topological polar surface area (TPSA) is 59.6 Å². The van der Waals surface area contributed by atoms with E-state index in [4.69, 9.17) is 10.5 Å². The van der Waals surface area contributed by atoms with Gasteiger partial charge in [0.05, 0.1) is 6.54 Å². The fourth-order valence-electron chi connectivity index (χ4n) is 1.88. The average molecular weight is 243 g/mol. The molecule has 0 atom stereocenters. The van der Waals surface area contributed by atoms with E-state index in [9.17, 15) is 0 Å². The van der Waals surface area contributed by atoms with Crippen LogP contribution in [-0.2, 0) is 4.74 Å². The van der Waals surface area contributed by atoms with Crippen LogP contribution in [0.5, 0.6) is 0 Å². The van der Waals surface area contributed by atoms with Gasteiger partial charge in [-0.05, 0) is 31.9 Å². The molecular formula is C11H21N3OS.